The Kier molecular flexibility index (Phi) is 9.73. The summed E-state index contributed by atoms with van der Waals surface area (Å²) in [5.74, 6) is -1.07. The largest absolute Gasteiger partial charge is 0.378 e. The van der Waals surface area contributed by atoms with Crippen molar-refractivity contribution in [2.24, 2.45) is 0 Å². The van der Waals surface area contributed by atoms with Crippen LogP contribution in [0.4, 0.5) is 15.8 Å². The van der Waals surface area contributed by atoms with Crippen molar-refractivity contribution in [2.75, 3.05) is 30.1 Å². The van der Waals surface area contributed by atoms with Gasteiger partial charge in [-0.25, -0.2) is 14.4 Å². The Morgan fingerprint density at radius 1 is 0.902 bits per heavy atom. The van der Waals surface area contributed by atoms with Crippen LogP contribution in [0.25, 0.3) is 0 Å². The topological polar surface area (TPSA) is 78.4 Å². The van der Waals surface area contributed by atoms with Crippen LogP contribution < -0.4 is 10.2 Å². The maximum Gasteiger partial charge on any atom is 0.251 e. The van der Waals surface area contributed by atoms with Gasteiger partial charge >= 0.3 is 0 Å². The number of rotatable bonds is 10. The minimum atomic E-state index is -1.02. The highest BCUT2D eigenvalue weighted by molar-refractivity contribution is 7.99. The Morgan fingerprint density at radius 3 is 2.15 bits per heavy atom. The first-order chi connectivity index (χ1) is 19.6. The van der Waals surface area contributed by atoms with Crippen molar-refractivity contribution in [1.82, 2.24) is 14.9 Å². The molecule has 2 amide bonds. The molecule has 0 saturated carbocycles. The molecule has 1 aromatic heterocycles. The molecule has 0 spiro atoms. The highest BCUT2D eigenvalue weighted by Gasteiger charge is 2.32. The van der Waals surface area contributed by atoms with Crippen molar-refractivity contribution >= 4 is 35.0 Å². The summed E-state index contributed by atoms with van der Waals surface area (Å²) in [4.78, 5) is 40.3. The number of halogens is 1. The third-order valence-corrected chi connectivity index (χ3v) is 7.44. The van der Waals surface area contributed by atoms with E-state index < -0.39 is 17.8 Å². The van der Waals surface area contributed by atoms with Crippen molar-refractivity contribution in [3.05, 3.63) is 113 Å². The van der Waals surface area contributed by atoms with Gasteiger partial charge in [0.25, 0.3) is 5.91 Å². The van der Waals surface area contributed by atoms with Crippen LogP contribution in [-0.2, 0) is 16.1 Å². The van der Waals surface area contributed by atoms with Crippen LogP contribution >= 0.6 is 11.8 Å². The predicted octanol–water partition coefficient (Wildman–Crippen LogP) is 6.11. The molecule has 9 heteroatoms. The van der Waals surface area contributed by atoms with Crippen LogP contribution in [0, 0.1) is 26.6 Å². The Labute approximate surface area is 244 Å². The monoisotopic (exact) mass is 571 g/mol. The average Bonchev–Trinajstić information content (AvgIpc) is 2.93. The first-order valence-corrected chi connectivity index (χ1v) is 14.2. The van der Waals surface area contributed by atoms with Gasteiger partial charge in [0, 0.05) is 43.4 Å². The predicted molar refractivity (Wildman–Crippen MR) is 162 cm³/mol. The van der Waals surface area contributed by atoms with Gasteiger partial charge in [-0.1, -0.05) is 48.2 Å². The molecule has 0 aliphatic rings. The van der Waals surface area contributed by atoms with E-state index in [4.69, 9.17) is 0 Å². The molecule has 0 unspecified atom stereocenters. The standard InChI is InChI=1S/C32H34FN5O2S/c1-21-8-6-7-9-25(21)19-38(29(39)20-41-32-34-22(2)18-23(3)35-32)30(24-10-12-26(33)13-11-24)31(40)36-27-14-16-28(17-15-27)37(4)5/h6-18,30H,19-20H2,1-5H3,(H,36,40)/t30-/m0/s1. The maximum absolute atomic E-state index is 14.0. The number of nitrogens with zero attached hydrogens (tertiary/aromatic N) is 4. The van der Waals surface area contributed by atoms with Crippen molar-refractivity contribution in [3.8, 4) is 0 Å². The molecule has 1 N–H and O–H groups in total. The summed E-state index contributed by atoms with van der Waals surface area (Å²) >= 11 is 1.23. The van der Waals surface area contributed by atoms with E-state index >= 15 is 0 Å². The molecule has 212 valence electrons. The molecule has 4 aromatic rings. The number of carbonyl (C=O) groups excluding carboxylic acids is 2. The Balaban J connectivity index is 1.70. The first-order valence-electron chi connectivity index (χ1n) is 13.2. The van der Waals surface area contributed by atoms with Crippen LogP contribution in [0.2, 0.25) is 0 Å². The van der Waals surface area contributed by atoms with Gasteiger partial charge in [-0.2, -0.15) is 0 Å². The van der Waals surface area contributed by atoms with Crippen LogP contribution in [0.15, 0.2) is 84.0 Å². The zero-order chi connectivity index (χ0) is 29.5. The molecular weight excluding hydrogens is 537 g/mol. The van der Waals surface area contributed by atoms with Crippen LogP contribution in [0.3, 0.4) is 0 Å². The van der Waals surface area contributed by atoms with E-state index in [9.17, 15) is 14.0 Å². The molecule has 0 fully saturated rings. The van der Waals surface area contributed by atoms with Gasteiger partial charge in [0.05, 0.1) is 5.75 Å². The third kappa shape index (κ3) is 7.91. The first kappa shape index (κ1) is 29.7. The summed E-state index contributed by atoms with van der Waals surface area (Å²) in [6.07, 6.45) is 0. The highest BCUT2D eigenvalue weighted by atomic mass is 32.2. The summed E-state index contributed by atoms with van der Waals surface area (Å²) in [6, 6.07) is 21.7. The number of amides is 2. The van der Waals surface area contributed by atoms with Gasteiger partial charge in [-0.05, 0) is 79.9 Å². The lowest BCUT2D eigenvalue weighted by Gasteiger charge is -2.32. The number of aryl methyl sites for hydroxylation is 3. The number of aromatic nitrogens is 2. The third-order valence-electron chi connectivity index (χ3n) is 6.61. The van der Waals surface area contributed by atoms with Crippen LogP contribution in [-0.4, -0.2) is 46.5 Å². The Morgan fingerprint density at radius 2 is 1.54 bits per heavy atom. The molecule has 3 aromatic carbocycles. The normalized spacial score (nSPS) is 11.6. The zero-order valence-electron chi connectivity index (χ0n) is 23.9. The van der Waals surface area contributed by atoms with Crippen LogP contribution in [0.5, 0.6) is 0 Å². The fraction of sp³-hybridized carbons (Fsp3) is 0.250. The molecule has 1 atom stereocenters. The quantitative estimate of drug-likeness (QED) is 0.183. The van der Waals surface area contributed by atoms with Crippen LogP contribution in [0.1, 0.15) is 34.1 Å². The SMILES string of the molecule is Cc1cc(C)nc(SCC(=O)N(Cc2ccccc2C)[C@H](C(=O)Nc2ccc(N(C)C)cc2)c2ccc(F)cc2)n1. The van der Waals surface area contributed by atoms with E-state index in [2.05, 4.69) is 15.3 Å². The van der Waals surface area contributed by atoms with Gasteiger partial charge in [0.2, 0.25) is 5.91 Å². The Bertz CT molecular complexity index is 1490. The van der Waals surface area contributed by atoms with Crippen molar-refractivity contribution in [1.29, 1.82) is 0 Å². The van der Waals surface area contributed by atoms with Gasteiger partial charge in [-0.3, -0.25) is 9.59 Å². The fourth-order valence-corrected chi connectivity index (χ4v) is 5.27. The van der Waals surface area contributed by atoms with E-state index in [1.165, 1.54) is 23.9 Å². The van der Waals surface area contributed by atoms with E-state index in [1.54, 1.807) is 17.0 Å². The number of carbonyl (C=O) groups is 2. The lowest BCUT2D eigenvalue weighted by molar-refractivity contribution is -0.137. The zero-order valence-corrected chi connectivity index (χ0v) is 24.7. The van der Waals surface area contributed by atoms with Gasteiger partial charge < -0.3 is 15.1 Å². The number of nitrogens with one attached hydrogen (secondary N) is 1. The summed E-state index contributed by atoms with van der Waals surface area (Å²) in [5.41, 5.74) is 5.61. The summed E-state index contributed by atoms with van der Waals surface area (Å²) in [6.45, 7) is 5.92. The number of hydrogen-bond acceptors (Lipinski definition) is 6. The lowest BCUT2D eigenvalue weighted by Crippen LogP contribution is -2.42. The molecule has 4 rings (SSSR count). The molecule has 0 saturated heterocycles. The van der Waals surface area contributed by atoms with E-state index in [-0.39, 0.29) is 18.2 Å². The molecule has 0 bridgehead atoms. The minimum absolute atomic E-state index is 0.0251. The molecule has 7 nitrogen and oxygen atoms in total. The van der Waals surface area contributed by atoms with Crippen molar-refractivity contribution in [2.45, 2.75) is 38.5 Å². The molecule has 0 aliphatic carbocycles. The minimum Gasteiger partial charge on any atom is -0.378 e. The number of benzene rings is 3. The molecule has 0 radical (unpaired) electrons. The molecule has 1 heterocycles. The summed E-state index contributed by atoms with van der Waals surface area (Å²) < 4.78 is 13.9. The van der Waals surface area contributed by atoms with Gasteiger partial charge in [0.1, 0.15) is 11.9 Å². The number of hydrogen-bond donors (Lipinski definition) is 1. The summed E-state index contributed by atoms with van der Waals surface area (Å²) in [5, 5.41) is 3.46. The second kappa shape index (κ2) is 13.4. The van der Waals surface area contributed by atoms with Crippen molar-refractivity contribution < 1.29 is 14.0 Å². The van der Waals surface area contributed by atoms with Crippen molar-refractivity contribution in [3.63, 3.8) is 0 Å². The average molecular weight is 572 g/mol. The number of thioether (sulfide) groups is 1. The smallest absolute Gasteiger partial charge is 0.251 e. The second-order valence-electron chi connectivity index (χ2n) is 10.1. The highest BCUT2D eigenvalue weighted by Crippen LogP contribution is 2.28. The second-order valence-corrected chi connectivity index (χ2v) is 11.0. The molecule has 41 heavy (non-hydrogen) atoms. The van der Waals surface area contributed by atoms with E-state index in [1.807, 2.05) is 94.4 Å². The molecule has 0 aliphatic heterocycles. The molecular formula is C32H34FN5O2S. The van der Waals surface area contributed by atoms with Gasteiger partial charge in [0.15, 0.2) is 5.16 Å². The summed E-state index contributed by atoms with van der Waals surface area (Å²) in [7, 11) is 3.88. The van der Waals surface area contributed by atoms with E-state index in [0.717, 1.165) is 28.2 Å². The maximum atomic E-state index is 14.0. The van der Waals surface area contributed by atoms with Gasteiger partial charge in [-0.15, -0.1) is 0 Å². The number of anilines is 2. The van der Waals surface area contributed by atoms with E-state index in [0.29, 0.717) is 16.4 Å². The lowest BCUT2D eigenvalue weighted by atomic mass is 10.0. The fourth-order valence-electron chi connectivity index (χ4n) is 4.43. The Hall–Kier alpha value is -4.24.